The van der Waals surface area contributed by atoms with Gasteiger partial charge in [0.15, 0.2) is 0 Å². The first-order valence-corrected chi connectivity index (χ1v) is 7.08. The van der Waals surface area contributed by atoms with Crippen molar-refractivity contribution in [3.63, 3.8) is 0 Å². The molecule has 0 saturated heterocycles. The number of hydrogen-bond donors (Lipinski definition) is 1. The molecule has 2 rings (SSSR count). The highest BCUT2D eigenvalue weighted by Gasteiger charge is 2.21. The van der Waals surface area contributed by atoms with Crippen molar-refractivity contribution in [2.24, 2.45) is 0 Å². The predicted octanol–water partition coefficient (Wildman–Crippen LogP) is 3.05. The molecule has 3 nitrogen and oxygen atoms in total. The molecule has 0 aliphatic heterocycles. The number of aliphatic carboxylic acids is 1. The first kappa shape index (κ1) is 13.8. The predicted molar refractivity (Wildman–Crippen MR) is 77.5 cm³/mol. The molecular formula is C15H17NO2S. The van der Waals surface area contributed by atoms with Crippen LogP contribution in [-0.2, 0) is 11.3 Å². The molecule has 1 aromatic carbocycles. The number of rotatable bonds is 6. The number of carboxylic acid groups (broad SMARTS) is 1. The number of carboxylic acids is 1. The van der Waals surface area contributed by atoms with E-state index in [-0.39, 0.29) is 0 Å². The molecule has 0 fully saturated rings. The molecule has 1 heterocycles. The highest BCUT2D eigenvalue weighted by Crippen LogP contribution is 2.18. The molecule has 1 aromatic heterocycles. The molecule has 100 valence electrons. The molecule has 4 heteroatoms. The molecule has 0 spiro atoms. The highest BCUT2D eigenvalue weighted by atomic mass is 32.1. The topological polar surface area (TPSA) is 40.5 Å². The van der Waals surface area contributed by atoms with Crippen LogP contribution in [0.3, 0.4) is 0 Å². The molecule has 0 saturated carbocycles. The fourth-order valence-corrected chi connectivity index (χ4v) is 2.74. The van der Waals surface area contributed by atoms with Gasteiger partial charge in [-0.2, -0.15) is 11.3 Å². The van der Waals surface area contributed by atoms with Crippen LogP contribution in [0.15, 0.2) is 47.2 Å². The van der Waals surface area contributed by atoms with E-state index in [4.69, 9.17) is 0 Å². The normalized spacial score (nSPS) is 12.5. The Bertz CT molecular complexity index is 510. The fourth-order valence-electron chi connectivity index (χ4n) is 2.08. The molecule has 0 radical (unpaired) electrons. The molecule has 0 aliphatic carbocycles. The van der Waals surface area contributed by atoms with Crippen LogP contribution in [0.2, 0.25) is 0 Å². The first-order valence-electron chi connectivity index (χ1n) is 6.14. The largest absolute Gasteiger partial charge is 0.481 e. The van der Waals surface area contributed by atoms with E-state index in [1.54, 1.807) is 11.3 Å². The van der Waals surface area contributed by atoms with Gasteiger partial charge >= 0.3 is 5.97 Å². The molecule has 2 aromatic rings. The average Bonchev–Trinajstić information content (AvgIpc) is 2.89. The first-order chi connectivity index (χ1) is 9.16. The van der Waals surface area contributed by atoms with Crippen molar-refractivity contribution in [3.8, 4) is 0 Å². The van der Waals surface area contributed by atoms with Crippen LogP contribution in [0, 0.1) is 0 Å². The van der Waals surface area contributed by atoms with E-state index in [0.29, 0.717) is 6.54 Å². The van der Waals surface area contributed by atoms with Crippen molar-refractivity contribution in [1.29, 1.82) is 0 Å². The second kappa shape index (κ2) is 6.50. The number of hydrogen-bond acceptors (Lipinski definition) is 3. The summed E-state index contributed by atoms with van der Waals surface area (Å²) in [5.41, 5.74) is 2.08. The molecule has 0 aliphatic rings. The summed E-state index contributed by atoms with van der Waals surface area (Å²) in [6.07, 6.45) is 0. The van der Waals surface area contributed by atoms with Crippen LogP contribution < -0.4 is 0 Å². The third-order valence-corrected chi connectivity index (χ3v) is 3.76. The molecule has 1 atom stereocenters. The van der Waals surface area contributed by atoms with Crippen molar-refractivity contribution in [2.45, 2.75) is 12.5 Å². The van der Waals surface area contributed by atoms with Gasteiger partial charge in [0.25, 0.3) is 0 Å². The minimum absolute atomic E-state index is 0.482. The Hall–Kier alpha value is -1.65. The van der Waals surface area contributed by atoms with Gasteiger partial charge in [0, 0.05) is 13.1 Å². The molecule has 0 amide bonds. The van der Waals surface area contributed by atoms with Crippen LogP contribution >= 0.6 is 11.3 Å². The van der Waals surface area contributed by atoms with E-state index < -0.39 is 11.9 Å². The van der Waals surface area contributed by atoms with Gasteiger partial charge in [-0.25, -0.2) is 0 Å². The minimum Gasteiger partial charge on any atom is -0.481 e. The summed E-state index contributed by atoms with van der Waals surface area (Å²) >= 11 is 1.66. The third kappa shape index (κ3) is 3.91. The van der Waals surface area contributed by atoms with Crippen LogP contribution in [0.25, 0.3) is 0 Å². The van der Waals surface area contributed by atoms with Crippen molar-refractivity contribution < 1.29 is 9.90 Å². The Labute approximate surface area is 117 Å². The smallest absolute Gasteiger partial charge is 0.312 e. The van der Waals surface area contributed by atoms with Gasteiger partial charge in [-0.05, 0) is 35.0 Å². The Morgan fingerprint density at radius 3 is 2.63 bits per heavy atom. The fraction of sp³-hybridized carbons (Fsp3) is 0.267. The standard InChI is InChI=1S/C15H17NO2S/c1-16(9-12-7-8-19-11-12)10-14(15(17)18)13-5-3-2-4-6-13/h2-8,11,14H,9-10H2,1H3,(H,17,18). The minimum atomic E-state index is -0.775. The quantitative estimate of drug-likeness (QED) is 0.881. The van der Waals surface area contributed by atoms with Gasteiger partial charge < -0.3 is 10.0 Å². The second-order valence-corrected chi connectivity index (χ2v) is 5.41. The summed E-state index contributed by atoms with van der Waals surface area (Å²) in [4.78, 5) is 13.5. The Morgan fingerprint density at radius 2 is 2.05 bits per heavy atom. The average molecular weight is 275 g/mol. The van der Waals surface area contributed by atoms with Gasteiger partial charge in [-0.15, -0.1) is 0 Å². The zero-order chi connectivity index (χ0) is 13.7. The summed E-state index contributed by atoms with van der Waals surface area (Å²) in [7, 11) is 1.95. The summed E-state index contributed by atoms with van der Waals surface area (Å²) in [6, 6.07) is 11.5. The van der Waals surface area contributed by atoms with Crippen molar-refractivity contribution in [2.75, 3.05) is 13.6 Å². The maximum Gasteiger partial charge on any atom is 0.312 e. The molecule has 1 N–H and O–H groups in total. The molecule has 19 heavy (non-hydrogen) atoms. The Kier molecular flexibility index (Phi) is 4.71. The summed E-state index contributed by atoms with van der Waals surface area (Å²) < 4.78 is 0. The summed E-state index contributed by atoms with van der Waals surface area (Å²) in [6.45, 7) is 1.29. The van der Waals surface area contributed by atoms with Gasteiger partial charge in [-0.1, -0.05) is 30.3 Å². The van der Waals surface area contributed by atoms with Gasteiger partial charge in [0.1, 0.15) is 0 Å². The van der Waals surface area contributed by atoms with Crippen LogP contribution in [0.4, 0.5) is 0 Å². The number of thiophene rings is 1. The monoisotopic (exact) mass is 275 g/mol. The van der Waals surface area contributed by atoms with E-state index in [2.05, 4.69) is 11.4 Å². The summed E-state index contributed by atoms with van der Waals surface area (Å²) in [5.74, 6) is -1.26. The summed E-state index contributed by atoms with van der Waals surface area (Å²) in [5, 5.41) is 13.5. The number of nitrogens with zero attached hydrogens (tertiary/aromatic N) is 1. The lowest BCUT2D eigenvalue weighted by Gasteiger charge is -2.21. The number of likely N-dealkylation sites (N-methyl/N-ethyl adjacent to an activating group) is 1. The van der Waals surface area contributed by atoms with E-state index in [1.165, 1.54) is 5.56 Å². The molecular weight excluding hydrogens is 258 g/mol. The van der Waals surface area contributed by atoms with Crippen LogP contribution in [0.1, 0.15) is 17.0 Å². The zero-order valence-electron chi connectivity index (χ0n) is 10.8. The second-order valence-electron chi connectivity index (χ2n) is 4.63. The lowest BCUT2D eigenvalue weighted by atomic mass is 9.99. The molecule has 1 unspecified atom stereocenters. The van der Waals surface area contributed by atoms with E-state index in [0.717, 1.165) is 12.1 Å². The third-order valence-electron chi connectivity index (χ3n) is 3.03. The lowest BCUT2D eigenvalue weighted by Crippen LogP contribution is -2.28. The van der Waals surface area contributed by atoms with Gasteiger partial charge in [-0.3, -0.25) is 4.79 Å². The van der Waals surface area contributed by atoms with E-state index in [1.807, 2.05) is 47.7 Å². The lowest BCUT2D eigenvalue weighted by molar-refractivity contribution is -0.139. The molecule has 0 bridgehead atoms. The maximum absolute atomic E-state index is 11.4. The maximum atomic E-state index is 11.4. The van der Waals surface area contributed by atoms with Crippen molar-refractivity contribution in [1.82, 2.24) is 4.90 Å². The zero-order valence-corrected chi connectivity index (χ0v) is 11.6. The SMILES string of the molecule is CN(Cc1ccsc1)CC(C(=O)O)c1ccccc1. The number of benzene rings is 1. The van der Waals surface area contributed by atoms with E-state index in [9.17, 15) is 9.90 Å². The van der Waals surface area contributed by atoms with Gasteiger partial charge in [0.05, 0.1) is 5.92 Å². The van der Waals surface area contributed by atoms with Crippen molar-refractivity contribution >= 4 is 17.3 Å². The van der Waals surface area contributed by atoms with Crippen LogP contribution in [-0.4, -0.2) is 29.6 Å². The van der Waals surface area contributed by atoms with Gasteiger partial charge in [0.2, 0.25) is 0 Å². The van der Waals surface area contributed by atoms with Crippen LogP contribution in [0.5, 0.6) is 0 Å². The van der Waals surface area contributed by atoms with E-state index >= 15 is 0 Å². The van der Waals surface area contributed by atoms with Crippen molar-refractivity contribution in [3.05, 3.63) is 58.3 Å². The Morgan fingerprint density at radius 1 is 1.32 bits per heavy atom. The highest BCUT2D eigenvalue weighted by molar-refractivity contribution is 7.07. The Balaban J connectivity index is 2.03. The number of carbonyl (C=O) groups is 1.